The molecule has 7 heteroatoms. The molecule has 0 bridgehead atoms. The third-order valence-electron chi connectivity index (χ3n) is 4.23. The first-order valence-electron chi connectivity index (χ1n) is 8.40. The third kappa shape index (κ3) is 3.28. The standard InChI is InChI=1S/C19H20N4O3/c1-4-23(5-2)18(24)16-10-13-9-15(21-11-17(13)22-16)14-8-12(6-7-20-14)19(25)26-3/h6-11,22H,4-5H2,1-3H3. The van der Waals surface area contributed by atoms with E-state index in [9.17, 15) is 9.59 Å². The molecular weight excluding hydrogens is 332 g/mol. The maximum absolute atomic E-state index is 12.5. The van der Waals surface area contributed by atoms with Crippen LogP contribution in [0.4, 0.5) is 0 Å². The van der Waals surface area contributed by atoms with Crippen molar-refractivity contribution in [2.45, 2.75) is 13.8 Å². The van der Waals surface area contributed by atoms with Crippen LogP contribution in [0.5, 0.6) is 0 Å². The fourth-order valence-corrected chi connectivity index (χ4v) is 2.78. The molecule has 3 heterocycles. The summed E-state index contributed by atoms with van der Waals surface area (Å²) in [5.41, 5.74) is 2.88. The van der Waals surface area contributed by atoms with Crippen molar-refractivity contribution in [2.75, 3.05) is 20.2 Å². The van der Waals surface area contributed by atoms with E-state index >= 15 is 0 Å². The summed E-state index contributed by atoms with van der Waals surface area (Å²) < 4.78 is 4.74. The van der Waals surface area contributed by atoms with Crippen molar-refractivity contribution in [1.29, 1.82) is 0 Å². The van der Waals surface area contributed by atoms with E-state index in [4.69, 9.17) is 4.74 Å². The number of ether oxygens (including phenoxy) is 1. The number of nitrogens with zero attached hydrogens (tertiary/aromatic N) is 3. The summed E-state index contributed by atoms with van der Waals surface area (Å²) in [7, 11) is 1.33. The number of aromatic amines is 1. The molecule has 7 nitrogen and oxygen atoms in total. The van der Waals surface area contributed by atoms with Crippen LogP contribution in [0, 0.1) is 0 Å². The molecule has 0 spiro atoms. The number of fused-ring (bicyclic) bond motifs is 1. The highest BCUT2D eigenvalue weighted by molar-refractivity contribution is 5.98. The maximum atomic E-state index is 12.5. The lowest BCUT2D eigenvalue weighted by Crippen LogP contribution is -2.30. The highest BCUT2D eigenvalue weighted by atomic mass is 16.5. The van der Waals surface area contributed by atoms with E-state index in [0.29, 0.717) is 35.7 Å². The molecule has 3 aromatic rings. The van der Waals surface area contributed by atoms with Crippen molar-refractivity contribution in [1.82, 2.24) is 19.9 Å². The number of hydrogen-bond acceptors (Lipinski definition) is 5. The van der Waals surface area contributed by atoms with Crippen LogP contribution >= 0.6 is 0 Å². The summed E-state index contributed by atoms with van der Waals surface area (Å²) in [6.07, 6.45) is 3.20. The monoisotopic (exact) mass is 352 g/mol. The Bertz CT molecular complexity index is 960. The van der Waals surface area contributed by atoms with E-state index < -0.39 is 5.97 Å². The molecule has 0 aliphatic rings. The van der Waals surface area contributed by atoms with E-state index in [1.54, 1.807) is 29.4 Å². The van der Waals surface area contributed by atoms with Crippen molar-refractivity contribution in [2.24, 2.45) is 0 Å². The number of pyridine rings is 2. The Kier molecular flexibility index (Phi) is 4.97. The Hall–Kier alpha value is -3.22. The molecule has 3 rings (SSSR count). The molecule has 0 saturated heterocycles. The van der Waals surface area contributed by atoms with Crippen LogP contribution in [-0.2, 0) is 4.74 Å². The molecule has 0 atom stereocenters. The lowest BCUT2D eigenvalue weighted by molar-refractivity contribution is 0.0600. The first-order valence-corrected chi connectivity index (χ1v) is 8.40. The Morgan fingerprint density at radius 1 is 1.12 bits per heavy atom. The van der Waals surface area contributed by atoms with Gasteiger partial charge in [-0.15, -0.1) is 0 Å². The number of nitrogens with one attached hydrogen (secondary N) is 1. The normalized spacial score (nSPS) is 10.7. The molecule has 1 amide bonds. The van der Waals surface area contributed by atoms with Gasteiger partial charge in [-0.25, -0.2) is 4.79 Å². The first kappa shape index (κ1) is 17.6. The molecule has 0 aliphatic carbocycles. The Morgan fingerprint density at radius 2 is 1.85 bits per heavy atom. The highest BCUT2D eigenvalue weighted by Gasteiger charge is 2.16. The van der Waals surface area contributed by atoms with Crippen molar-refractivity contribution in [3.63, 3.8) is 0 Å². The van der Waals surface area contributed by atoms with Gasteiger partial charge >= 0.3 is 5.97 Å². The molecule has 0 aromatic carbocycles. The van der Waals surface area contributed by atoms with Gasteiger partial charge in [-0.3, -0.25) is 14.8 Å². The van der Waals surface area contributed by atoms with Crippen LogP contribution in [0.2, 0.25) is 0 Å². The second-order valence-electron chi connectivity index (χ2n) is 5.74. The second kappa shape index (κ2) is 7.35. The minimum Gasteiger partial charge on any atom is -0.465 e. The Labute approximate surface area is 151 Å². The molecular formula is C19H20N4O3. The number of hydrogen-bond donors (Lipinski definition) is 1. The summed E-state index contributed by atoms with van der Waals surface area (Å²) in [5, 5.41) is 0.857. The lowest BCUT2D eigenvalue weighted by Gasteiger charge is -2.17. The van der Waals surface area contributed by atoms with E-state index in [1.165, 1.54) is 7.11 Å². The number of amides is 1. The predicted molar refractivity (Wildman–Crippen MR) is 97.9 cm³/mol. The van der Waals surface area contributed by atoms with Gasteiger partial charge in [0.1, 0.15) is 5.69 Å². The van der Waals surface area contributed by atoms with Gasteiger partial charge in [0, 0.05) is 24.7 Å². The number of H-pyrrole nitrogens is 1. The predicted octanol–water partition coefficient (Wildman–Crippen LogP) is 2.89. The van der Waals surface area contributed by atoms with E-state index in [0.717, 1.165) is 10.9 Å². The van der Waals surface area contributed by atoms with Crippen molar-refractivity contribution in [3.8, 4) is 11.4 Å². The zero-order valence-corrected chi connectivity index (χ0v) is 14.9. The zero-order valence-electron chi connectivity index (χ0n) is 14.9. The average Bonchev–Trinajstić information content (AvgIpc) is 3.11. The fraction of sp³-hybridized carbons (Fsp3) is 0.263. The van der Waals surface area contributed by atoms with Crippen molar-refractivity contribution in [3.05, 3.63) is 47.9 Å². The molecule has 0 fully saturated rings. The second-order valence-corrected chi connectivity index (χ2v) is 5.74. The molecule has 0 radical (unpaired) electrons. The fourth-order valence-electron chi connectivity index (χ4n) is 2.78. The van der Waals surface area contributed by atoms with Gasteiger partial charge in [0.15, 0.2) is 0 Å². The van der Waals surface area contributed by atoms with Gasteiger partial charge in [-0.2, -0.15) is 0 Å². The van der Waals surface area contributed by atoms with E-state index in [1.807, 2.05) is 26.0 Å². The Morgan fingerprint density at radius 3 is 2.54 bits per heavy atom. The number of carbonyl (C=O) groups is 2. The van der Waals surface area contributed by atoms with Crippen molar-refractivity contribution >= 4 is 22.8 Å². The van der Waals surface area contributed by atoms with Crippen LogP contribution in [0.25, 0.3) is 22.3 Å². The van der Waals surface area contributed by atoms with Gasteiger partial charge in [0.05, 0.1) is 35.8 Å². The summed E-state index contributed by atoms with van der Waals surface area (Å²) >= 11 is 0. The van der Waals surface area contributed by atoms with Gasteiger partial charge in [0.25, 0.3) is 5.91 Å². The maximum Gasteiger partial charge on any atom is 0.337 e. The SMILES string of the molecule is CCN(CC)C(=O)c1cc2cc(-c3cc(C(=O)OC)ccn3)ncc2[nH]1. The summed E-state index contributed by atoms with van der Waals surface area (Å²) in [6.45, 7) is 5.20. The number of aromatic nitrogens is 3. The third-order valence-corrected chi connectivity index (χ3v) is 4.23. The smallest absolute Gasteiger partial charge is 0.337 e. The zero-order chi connectivity index (χ0) is 18.7. The molecule has 1 N–H and O–H groups in total. The van der Waals surface area contributed by atoms with E-state index in [2.05, 4.69) is 15.0 Å². The molecule has 26 heavy (non-hydrogen) atoms. The molecule has 0 saturated carbocycles. The number of rotatable bonds is 5. The summed E-state index contributed by atoms with van der Waals surface area (Å²) in [5.74, 6) is -0.470. The van der Waals surface area contributed by atoms with Crippen LogP contribution in [0.15, 0.2) is 36.7 Å². The lowest BCUT2D eigenvalue weighted by atomic mass is 10.1. The van der Waals surface area contributed by atoms with Gasteiger partial charge in [0.2, 0.25) is 0 Å². The number of methoxy groups -OCH3 is 1. The van der Waals surface area contributed by atoms with Crippen LogP contribution in [0.3, 0.4) is 0 Å². The summed E-state index contributed by atoms with van der Waals surface area (Å²) in [4.78, 5) is 37.7. The number of carbonyl (C=O) groups excluding carboxylic acids is 2. The van der Waals surface area contributed by atoms with Crippen molar-refractivity contribution < 1.29 is 14.3 Å². The summed E-state index contributed by atoms with van der Waals surface area (Å²) in [6, 6.07) is 6.87. The highest BCUT2D eigenvalue weighted by Crippen LogP contribution is 2.22. The molecule has 134 valence electrons. The average molecular weight is 352 g/mol. The van der Waals surface area contributed by atoms with Crippen LogP contribution in [-0.4, -0.2) is 51.9 Å². The topological polar surface area (TPSA) is 88.2 Å². The molecule has 3 aromatic heterocycles. The minimum absolute atomic E-state index is 0.0430. The quantitative estimate of drug-likeness (QED) is 0.713. The Balaban J connectivity index is 1.97. The van der Waals surface area contributed by atoms with Gasteiger partial charge in [-0.05, 0) is 38.1 Å². The molecule has 0 unspecified atom stereocenters. The van der Waals surface area contributed by atoms with Gasteiger partial charge < -0.3 is 14.6 Å². The number of esters is 1. The first-order chi connectivity index (χ1) is 12.6. The van der Waals surface area contributed by atoms with Crippen LogP contribution in [0.1, 0.15) is 34.7 Å². The minimum atomic E-state index is -0.427. The van der Waals surface area contributed by atoms with Crippen LogP contribution < -0.4 is 0 Å². The largest absolute Gasteiger partial charge is 0.465 e. The van der Waals surface area contributed by atoms with E-state index in [-0.39, 0.29) is 5.91 Å². The molecule has 0 aliphatic heterocycles. The van der Waals surface area contributed by atoms with Gasteiger partial charge in [-0.1, -0.05) is 0 Å².